The fourth-order valence-electron chi connectivity index (χ4n) is 1.50. The highest BCUT2D eigenvalue weighted by Crippen LogP contribution is 2.13. The van der Waals surface area contributed by atoms with Crippen LogP contribution in [-0.4, -0.2) is 27.2 Å². The van der Waals surface area contributed by atoms with Crippen LogP contribution in [-0.2, 0) is 11.3 Å². The van der Waals surface area contributed by atoms with Crippen molar-refractivity contribution in [3.05, 3.63) is 42.5 Å². The van der Waals surface area contributed by atoms with Crippen molar-refractivity contribution in [2.45, 2.75) is 6.54 Å². The molecule has 0 unspecified atom stereocenters. The van der Waals surface area contributed by atoms with Gasteiger partial charge in [0.25, 0.3) is 0 Å². The molecule has 6 heteroatoms. The van der Waals surface area contributed by atoms with Gasteiger partial charge in [0.2, 0.25) is 5.91 Å². The second-order valence-corrected chi connectivity index (χ2v) is 3.69. The summed E-state index contributed by atoms with van der Waals surface area (Å²) in [5.74, 6) is 5.49. The predicted octanol–water partition coefficient (Wildman–Crippen LogP) is 0.227. The van der Waals surface area contributed by atoms with Crippen LogP contribution in [0.3, 0.4) is 0 Å². The molecule has 3 N–H and O–H groups in total. The highest BCUT2D eigenvalue weighted by Gasteiger charge is 2.06. The first-order chi connectivity index (χ1) is 9.29. The largest absolute Gasteiger partial charge is 0.323 e. The molecule has 0 saturated heterocycles. The van der Waals surface area contributed by atoms with Crippen LogP contribution < -0.4 is 11.1 Å². The van der Waals surface area contributed by atoms with E-state index >= 15 is 0 Å². The van der Waals surface area contributed by atoms with Crippen molar-refractivity contribution in [1.29, 1.82) is 0 Å². The lowest BCUT2D eigenvalue weighted by atomic mass is 10.2. The molecule has 0 fully saturated rings. The van der Waals surface area contributed by atoms with Crippen LogP contribution in [0.15, 0.2) is 36.9 Å². The van der Waals surface area contributed by atoms with Gasteiger partial charge in [-0.05, 0) is 12.1 Å². The van der Waals surface area contributed by atoms with Gasteiger partial charge in [-0.2, -0.15) is 5.10 Å². The number of hydrogen-bond acceptors (Lipinski definition) is 4. The van der Waals surface area contributed by atoms with Crippen LogP contribution >= 0.6 is 0 Å². The molecule has 1 heterocycles. The maximum Gasteiger partial charge on any atom is 0.246 e. The zero-order chi connectivity index (χ0) is 13.5. The summed E-state index contributed by atoms with van der Waals surface area (Å²) >= 11 is 0. The first-order valence-electron chi connectivity index (χ1n) is 5.70. The number of nitrogens with two attached hydrogens (primary N) is 1. The number of carbonyl (C=O) groups excluding carboxylic acids is 1. The summed E-state index contributed by atoms with van der Waals surface area (Å²) in [7, 11) is 0. The van der Waals surface area contributed by atoms with Gasteiger partial charge in [-0.3, -0.25) is 4.79 Å². The van der Waals surface area contributed by atoms with E-state index in [9.17, 15) is 4.79 Å². The lowest BCUT2D eigenvalue weighted by Crippen LogP contribution is -2.19. The molecular weight excluding hydrogens is 242 g/mol. The Balaban J connectivity index is 2.08. The number of aromatic nitrogens is 3. The molecule has 0 bridgehead atoms. The number of para-hydroxylation sites is 1. The minimum absolute atomic E-state index is 0.110. The Morgan fingerprint density at radius 3 is 3.00 bits per heavy atom. The SMILES string of the molecule is NCC#Cc1ccccc1NC(=O)Cn1cncn1. The Labute approximate surface area is 110 Å². The van der Waals surface area contributed by atoms with Crippen molar-refractivity contribution in [2.75, 3.05) is 11.9 Å². The van der Waals surface area contributed by atoms with Crippen LogP contribution in [0, 0.1) is 11.8 Å². The van der Waals surface area contributed by atoms with E-state index in [2.05, 4.69) is 27.2 Å². The summed E-state index contributed by atoms with van der Waals surface area (Å²) in [4.78, 5) is 15.6. The van der Waals surface area contributed by atoms with E-state index in [1.165, 1.54) is 17.3 Å². The molecule has 2 rings (SSSR count). The average molecular weight is 255 g/mol. The Hall–Kier alpha value is -2.65. The third kappa shape index (κ3) is 3.66. The molecular formula is C13H13N5O. The lowest BCUT2D eigenvalue weighted by Gasteiger charge is -2.07. The average Bonchev–Trinajstić information content (AvgIpc) is 2.90. The maximum atomic E-state index is 11.8. The predicted molar refractivity (Wildman–Crippen MR) is 71.0 cm³/mol. The zero-order valence-corrected chi connectivity index (χ0v) is 10.2. The quantitative estimate of drug-likeness (QED) is 0.769. The van der Waals surface area contributed by atoms with E-state index in [4.69, 9.17) is 5.73 Å². The number of benzene rings is 1. The van der Waals surface area contributed by atoms with E-state index in [1.54, 1.807) is 6.07 Å². The van der Waals surface area contributed by atoms with Crippen LogP contribution in [0.5, 0.6) is 0 Å². The zero-order valence-electron chi connectivity index (χ0n) is 10.2. The summed E-state index contributed by atoms with van der Waals surface area (Å²) in [5, 5.41) is 6.66. The van der Waals surface area contributed by atoms with Crippen LogP contribution in [0.1, 0.15) is 5.56 Å². The van der Waals surface area contributed by atoms with E-state index in [1.807, 2.05) is 18.2 Å². The van der Waals surface area contributed by atoms with E-state index in [0.29, 0.717) is 5.69 Å². The molecule has 19 heavy (non-hydrogen) atoms. The number of anilines is 1. The number of hydrogen-bond donors (Lipinski definition) is 2. The molecule has 0 radical (unpaired) electrons. The smallest absolute Gasteiger partial charge is 0.246 e. The van der Waals surface area contributed by atoms with Gasteiger partial charge in [-0.15, -0.1) is 0 Å². The fourth-order valence-corrected chi connectivity index (χ4v) is 1.50. The molecule has 0 saturated carbocycles. The van der Waals surface area contributed by atoms with Gasteiger partial charge in [0.1, 0.15) is 19.2 Å². The van der Waals surface area contributed by atoms with Gasteiger partial charge >= 0.3 is 0 Å². The number of rotatable bonds is 3. The second kappa shape index (κ2) is 6.33. The number of nitrogens with zero attached hydrogens (tertiary/aromatic N) is 3. The molecule has 6 nitrogen and oxygen atoms in total. The van der Waals surface area contributed by atoms with E-state index < -0.39 is 0 Å². The molecule has 0 aliphatic heterocycles. The second-order valence-electron chi connectivity index (χ2n) is 3.69. The summed E-state index contributed by atoms with van der Waals surface area (Å²) in [6.45, 7) is 0.389. The third-order valence-electron chi connectivity index (χ3n) is 2.30. The van der Waals surface area contributed by atoms with Crippen LogP contribution in [0.2, 0.25) is 0 Å². The lowest BCUT2D eigenvalue weighted by molar-refractivity contribution is -0.116. The molecule has 1 aromatic heterocycles. The first kappa shape index (κ1) is 12.8. The van der Waals surface area contributed by atoms with E-state index in [0.717, 1.165) is 5.56 Å². The van der Waals surface area contributed by atoms with Gasteiger partial charge in [-0.25, -0.2) is 9.67 Å². The molecule has 96 valence electrons. The van der Waals surface area contributed by atoms with Crippen LogP contribution in [0.25, 0.3) is 0 Å². The monoisotopic (exact) mass is 255 g/mol. The van der Waals surface area contributed by atoms with Crippen molar-refractivity contribution in [3.63, 3.8) is 0 Å². The van der Waals surface area contributed by atoms with E-state index in [-0.39, 0.29) is 19.0 Å². The summed E-state index contributed by atoms with van der Waals surface area (Å²) in [6, 6.07) is 7.31. The molecule has 0 aliphatic carbocycles. The fraction of sp³-hybridized carbons (Fsp3) is 0.154. The Bertz CT molecular complexity index is 609. The van der Waals surface area contributed by atoms with Gasteiger partial charge in [0.15, 0.2) is 0 Å². The number of nitrogens with one attached hydrogen (secondary N) is 1. The Kier molecular flexibility index (Phi) is 4.26. The van der Waals surface area contributed by atoms with Crippen molar-refractivity contribution >= 4 is 11.6 Å². The summed E-state index contributed by atoms with van der Waals surface area (Å²) in [6.07, 6.45) is 2.87. The molecule has 1 amide bonds. The number of carbonyl (C=O) groups is 1. The third-order valence-corrected chi connectivity index (χ3v) is 2.30. The molecule has 0 spiro atoms. The van der Waals surface area contributed by atoms with Crippen molar-refractivity contribution in [1.82, 2.24) is 14.8 Å². The topological polar surface area (TPSA) is 85.8 Å². The first-order valence-corrected chi connectivity index (χ1v) is 5.70. The van der Waals surface area contributed by atoms with Gasteiger partial charge < -0.3 is 11.1 Å². The van der Waals surface area contributed by atoms with Crippen LogP contribution in [0.4, 0.5) is 5.69 Å². The molecule has 2 aromatic rings. The Morgan fingerprint density at radius 1 is 1.42 bits per heavy atom. The normalized spacial score (nSPS) is 9.53. The Morgan fingerprint density at radius 2 is 2.26 bits per heavy atom. The summed E-state index contributed by atoms with van der Waals surface area (Å²) < 4.78 is 1.45. The van der Waals surface area contributed by atoms with Gasteiger partial charge in [0, 0.05) is 5.56 Å². The standard InChI is InChI=1S/C13H13N5O/c14-7-3-5-11-4-1-2-6-12(11)17-13(19)8-18-10-15-9-16-18/h1-2,4,6,9-10H,7-8,14H2,(H,17,19). The highest BCUT2D eigenvalue weighted by molar-refractivity contribution is 5.91. The molecule has 1 aromatic carbocycles. The molecule has 0 atom stereocenters. The van der Waals surface area contributed by atoms with Crippen molar-refractivity contribution in [2.24, 2.45) is 5.73 Å². The maximum absolute atomic E-state index is 11.8. The highest BCUT2D eigenvalue weighted by atomic mass is 16.2. The summed E-state index contributed by atoms with van der Waals surface area (Å²) in [5.41, 5.74) is 6.74. The van der Waals surface area contributed by atoms with Crippen molar-refractivity contribution < 1.29 is 4.79 Å². The minimum Gasteiger partial charge on any atom is -0.323 e. The minimum atomic E-state index is -0.188. The molecule has 0 aliphatic rings. The van der Waals surface area contributed by atoms with Gasteiger partial charge in [-0.1, -0.05) is 24.0 Å². The number of amides is 1. The van der Waals surface area contributed by atoms with Gasteiger partial charge in [0.05, 0.1) is 12.2 Å². The van der Waals surface area contributed by atoms with Crippen molar-refractivity contribution in [3.8, 4) is 11.8 Å².